The lowest BCUT2D eigenvalue weighted by Crippen LogP contribution is -2.63. The predicted octanol–water partition coefficient (Wildman–Crippen LogP) is 3.99. The van der Waals surface area contributed by atoms with Crippen molar-refractivity contribution in [3.8, 4) is 5.75 Å². The SMILES string of the molecule is CCCCCNc1nc(N)nc2ccn(Cc3ccc(CN4CC(C)(C5(N)CC5)C4)cc3OC)c12. The van der Waals surface area contributed by atoms with Crippen molar-refractivity contribution >= 4 is 22.8 Å². The number of nitrogens with one attached hydrogen (secondary N) is 1. The summed E-state index contributed by atoms with van der Waals surface area (Å²) in [6, 6.07) is 8.56. The van der Waals surface area contributed by atoms with Gasteiger partial charge in [-0.2, -0.15) is 4.98 Å². The average molecular weight is 478 g/mol. The van der Waals surface area contributed by atoms with E-state index in [2.05, 4.69) is 56.8 Å². The van der Waals surface area contributed by atoms with Crippen molar-refractivity contribution in [2.75, 3.05) is 37.8 Å². The number of ether oxygens (including phenoxy) is 1. The second-order valence-electron chi connectivity index (χ2n) is 10.7. The van der Waals surface area contributed by atoms with E-state index in [1.807, 2.05) is 12.3 Å². The molecule has 1 aliphatic carbocycles. The van der Waals surface area contributed by atoms with Gasteiger partial charge in [-0.25, -0.2) is 4.98 Å². The average Bonchev–Trinajstić information content (AvgIpc) is 3.46. The molecule has 8 heteroatoms. The fraction of sp³-hybridized carbons (Fsp3) is 0.556. The highest BCUT2D eigenvalue weighted by Crippen LogP contribution is 2.52. The standard InChI is InChI=1S/C27H39N7O/c1-4-5-6-12-30-24-23-21(31-25(28)32-24)9-13-34(23)16-20-8-7-19(14-22(20)35-3)15-33-17-26(2,18-33)27(29)10-11-27/h7-9,13-14H,4-6,10-12,15-18,29H2,1-3H3,(H3,28,30,31,32). The van der Waals surface area contributed by atoms with Gasteiger partial charge in [-0.3, -0.25) is 4.90 Å². The van der Waals surface area contributed by atoms with Crippen LogP contribution in [0.5, 0.6) is 5.75 Å². The van der Waals surface area contributed by atoms with Crippen LogP contribution in [-0.4, -0.2) is 51.7 Å². The number of nitrogens with two attached hydrogens (primary N) is 2. The summed E-state index contributed by atoms with van der Waals surface area (Å²) in [5, 5.41) is 3.47. The monoisotopic (exact) mass is 477 g/mol. The largest absolute Gasteiger partial charge is 0.496 e. The molecule has 1 saturated carbocycles. The molecule has 188 valence electrons. The van der Waals surface area contributed by atoms with E-state index in [4.69, 9.17) is 16.2 Å². The van der Waals surface area contributed by atoms with Gasteiger partial charge in [-0.05, 0) is 37.0 Å². The van der Waals surface area contributed by atoms with E-state index < -0.39 is 0 Å². The first kappa shape index (κ1) is 23.9. The van der Waals surface area contributed by atoms with Crippen molar-refractivity contribution in [3.63, 3.8) is 0 Å². The molecule has 3 aromatic rings. The molecule has 5 rings (SSSR count). The second kappa shape index (κ2) is 9.32. The molecule has 2 aromatic heterocycles. The van der Waals surface area contributed by atoms with Crippen LogP contribution in [0.15, 0.2) is 30.5 Å². The van der Waals surface area contributed by atoms with Crippen molar-refractivity contribution in [2.45, 2.75) is 64.6 Å². The fourth-order valence-corrected chi connectivity index (χ4v) is 5.53. The minimum Gasteiger partial charge on any atom is -0.496 e. The van der Waals surface area contributed by atoms with Crippen molar-refractivity contribution in [1.29, 1.82) is 0 Å². The number of anilines is 2. The van der Waals surface area contributed by atoms with Gasteiger partial charge in [0.05, 0.1) is 19.2 Å². The topological polar surface area (TPSA) is 107 Å². The number of hydrogen-bond acceptors (Lipinski definition) is 7. The molecule has 2 aliphatic rings. The molecule has 3 heterocycles. The molecular weight excluding hydrogens is 438 g/mol. The van der Waals surface area contributed by atoms with Gasteiger partial charge in [0, 0.05) is 48.9 Å². The summed E-state index contributed by atoms with van der Waals surface area (Å²) in [5.41, 5.74) is 17.0. The Kier molecular flexibility index (Phi) is 6.36. The lowest BCUT2D eigenvalue weighted by molar-refractivity contribution is -0.0192. The number of likely N-dealkylation sites (tertiary alicyclic amines) is 1. The van der Waals surface area contributed by atoms with Gasteiger partial charge in [0.15, 0.2) is 5.82 Å². The summed E-state index contributed by atoms with van der Waals surface area (Å²) in [6.07, 6.45) is 7.85. The Morgan fingerprint density at radius 3 is 2.63 bits per heavy atom. The Morgan fingerprint density at radius 1 is 1.11 bits per heavy atom. The van der Waals surface area contributed by atoms with E-state index in [0.717, 1.165) is 60.8 Å². The number of nitrogen functional groups attached to an aromatic ring is 1. The quantitative estimate of drug-likeness (QED) is 0.359. The van der Waals surface area contributed by atoms with Gasteiger partial charge in [0.25, 0.3) is 0 Å². The van der Waals surface area contributed by atoms with Gasteiger partial charge in [0.1, 0.15) is 11.3 Å². The Bertz CT molecular complexity index is 1190. The number of unbranched alkanes of at least 4 members (excludes halogenated alkanes) is 2. The van der Waals surface area contributed by atoms with E-state index in [1.54, 1.807) is 7.11 Å². The van der Waals surface area contributed by atoms with Gasteiger partial charge in [-0.15, -0.1) is 0 Å². The molecule has 1 aliphatic heterocycles. The molecule has 0 radical (unpaired) electrons. The first-order chi connectivity index (χ1) is 16.8. The summed E-state index contributed by atoms with van der Waals surface area (Å²) in [6.45, 7) is 9.14. The van der Waals surface area contributed by atoms with Crippen LogP contribution >= 0.6 is 0 Å². The maximum atomic E-state index is 6.50. The predicted molar refractivity (Wildman–Crippen MR) is 142 cm³/mol. The Labute approximate surface area is 208 Å². The normalized spacial score (nSPS) is 18.4. The number of nitrogens with zero attached hydrogens (tertiary/aromatic N) is 4. The molecule has 2 fully saturated rings. The summed E-state index contributed by atoms with van der Waals surface area (Å²) in [4.78, 5) is 11.4. The Hall–Kier alpha value is -2.84. The number of methoxy groups -OCH3 is 1. The fourth-order valence-electron chi connectivity index (χ4n) is 5.53. The number of rotatable bonds is 11. The van der Waals surface area contributed by atoms with Crippen molar-refractivity contribution in [1.82, 2.24) is 19.4 Å². The number of hydrogen-bond donors (Lipinski definition) is 3. The number of fused-ring (bicyclic) bond motifs is 1. The summed E-state index contributed by atoms with van der Waals surface area (Å²) in [7, 11) is 1.74. The molecule has 5 N–H and O–H groups in total. The third kappa shape index (κ3) is 4.69. The smallest absolute Gasteiger partial charge is 0.222 e. The zero-order chi connectivity index (χ0) is 24.6. The van der Waals surface area contributed by atoms with Crippen LogP contribution in [0, 0.1) is 5.41 Å². The van der Waals surface area contributed by atoms with Crippen molar-refractivity contribution < 1.29 is 4.74 Å². The van der Waals surface area contributed by atoms with E-state index in [-0.39, 0.29) is 11.0 Å². The highest BCUT2D eigenvalue weighted by molar-refractivity contribution is 5.87. The number of aromatic nitrogens is 3. The van der Waals surface area contributed by atoms with Gasteiger partial charge < -0.3 is 26.1 Å². The molecule has 1 saturated heterocycles. The molecule has 0 spiro atoms. The number of benzene rings is 1. The van der Waals surface area contributed by atoms with Gasteiger partial charge in [-0.1, -0.05) is 38.8 Å². The van der Waals surface area contributed by atoms with E-state index in [0.29, 0.717) is 12.5 Å². The maximum Gasteiger partial charge on any atom is 0.222 e. The lowest BCUT2D eigenvalue weighted by atomic mass is 9.73. The highest BCUT2D eigenvalue weighted by Gasteiger charge is 2.58. The van der Waals surface area contributed by atoms with Crippen LogP contribution in [0.25, 0.3) is 11.0 Å². The van der Waals surface area contributed by atoms with E-state index in [1.165, 1.54) is 31.2 Å². The van der Waals surface area contributed by atoms with Crippen molar-refractivity contribution in [2.24, 2.45) is 11.1 Å². The molecule has 1 aromatic carbocycles. The van der Waals surface area contributed by atoms with E-state index >= 15 is 0 Å². The summed E-state index contributed by atoms with van der Waals surface area (Å²) >= 11 is 0. The highest BCUT2D eigenvalue weighted by atomic mass is 16.5. The minimum atomic E-state index is 0.0721. The minimum absolute atomic E-state index is 0.0721. The molecule has 0 amide bonds. The maximum absolute atomic E-state index is 6.50. The molecule has 0 unspecified atom stereocenters. The zero-order valence-corrected chi connectivity index (χ0v) is 21.3. The molecule has 0 atom stereocenters. The summed E-state index contributed by atoms with van der Waals surface area (Å²) < 4.78 is 7.98. The Balaban J connectivity index is 1.31. The van der Waals surface area contributed by atoms with Gasteiger partial charge >= 0.3 is 0 Å². The van der Waals surface area contributed by atoms with Crippen LogP contribution in [0.4, 0.5) is 11.8 Å². The molecule has 35 heavy (non-hydrogen) atoms. The molecule has 0 bridgehead atoms. The molecular formula is C27H39N7O. The molecule has 8 nitrogen and oxygen atoms in total. The first-order valence-corrected chi connectivity index (χ1v) is 12.9. The second-order valence-corrected chi connectivity index (χ2v) is 10.7. The van der Waals surface area contributed by atoms with Gasteiger partial charge in [0.2, 0.25) is 5.95 Å². The van der Waals surface area contributed by atoms with Crippen LogP contribution < -0.4 is 21.5 Å². The van der Waals surface area contributed by atoms with Crippen molar-refractivity contribution in [3.05, 3.63) is 41.6 Å². The third-order valence-electron chi connectivity index (χ3n) is 7.93. The Morgan fingerprint density at radius 2 is 1.91 bits per heavy atom. The summed E-state index contributed by atoms with van der Waals surface area (Å²) in [5.74, 6) is 1.98. The van der Waals surface area contributed by atoms with Crippen LogP contribution in [-0.2, 0) is 13.1 Å². The first-order valence-electron chi connectivity index (χ1n) is 12.9. The lowest BCUT2D eigenvalue weighted by Gasteiger charge is -2.52. The zero-order valence-electron chi connectivity index (χ0n) is 21.3. The van der Waals surface area contributed by atoms with E-state index in [9.17, 15) is 0 Å². The van der Waals surface area contributed by atoms with Crippen LogP contribution in [0.2, 0.25) is 0 Å². The third-order valence-corrected chi connectivity index (χ3v) is 7.93. The van der Waals surface area contributed by atoms with Crippen LogP contribution in [0.1, 0.15) is 57.1 Å². The van der Waals surface area contributed by atoms with Crippen LogP contribution in [0.3, 0.4) is 0 Å².